The summed E-state index contributed by atoms with van der Waals surface area (Å²) in [6.45, 7) is 3.15. The number of hydrazine groups is 1. The van der Waals surface area contributed by atoms with Crippen LogP contribution in [0.5, 0.6) is 0 Å². The Bertz CT molecular complexity index is 213. The molecule has 0 heterocycles. The van der Waals surface area contributed by atoms with Gasteiger partial charge < -0.3 is 4.74 Å². The van der Waals surface area contributed by atoms with E-state index in [4.69, 9.17) is 10.6 Å². The molecule has 1 aliphatic rings. The Labute approximate surface area is 104 Å². The van der Waals surface area contributed by atoms with Crippen LogP contribution in [0.3, 0.4) is 0 Å². The van der Waals surface area contributed by atoms with E-state index in [1.54, 1.807) is 0 Å². The van der Waals surface area contributed by atoms with Gasteiger partial charge in [-0.05, 0) is 44.4 Å². The Morgan fingerprint density at radius 3 is 2.59 bits per heavy atom. The Balaban J connectivity index is 1.89. The molecular formula is C13H26N2O2. The molecule has 4 nitrogen and oxygen atoms in total. The van der Waals surface area contributed by atoms with E-state index in [2.05, 4.69) is 12.3 Å². The van der Waals surface area contributed by atoms with Gasteiger partial charge in [0.15, 0.2) is 0 Å². The number of carbonyl (C=O) groups excluding carboxylic acids is 1. The Kier molecular flexibility index (Phi) is 7.21. The molecule has 3 N–H and O–H groups in total. The minimum absolute atomic E-state index is 0.0767. The van der Waals surface area contributed by atoms with E-state index in [1.165, 1.54) is 25.7 Å². The molecule has 0 radical (unpaired) electrons. The van der Waals surface area contributed by atoms with E-state index >= 15 is 0 Å². The summed E-state index contributed by atoms with van der Waals surface area (Å²) in [4.78, 5) is 10.9. The molecule has 0 saturated heterocycles. The second-order valence-electron chi connectivity index (χ2n) is 5.13. The second-order valence-corrected chi connectivity index (χ2v) is 5.13. The van der Waals surface area contributed by atoms with Gasteiger partial charge in [-0.15, -0.1) is 0 Å². The van der Waals surface area contributed by atoms with E-state index in [0.717, 1.165) is 31.8 Å². The van der Waals surface area contributed by atoms with Crippen LogP contribution in [0.4, 0.5) is 0 Å². The van der Waals surface area contributed by atoms with Crippen molar-refractivity contribution in [2.45, 2.75) is 64.4 Å². The number of amides is 1. The van der Waals surface area contributed by atoms with Gasteiger partial charge in [0.25, 0.3) is 0 Å². The Morgan fingerprint density at radius 2 is 1.94 bits per heavy atom. The molecule has 1 aliphatic carbocycles. The number of nitrogens with one attached hydrogen (secondary N) is 1. The number of nitrogens with two attached hydrogens (primary N) is 1. The van der Waals surface area contributed by atoms with Gasteiger partial charge in [0.2, 0.25) is 5.91 Å². The average molecular weight is 242 g/mol. The second kappa shape index (κ2) is 8.48. The molecule has 1 rings (SSSR count). The molecule has 0 aromatic rings. The Hall–Kier alpha value is -0.610. The summed E-state index contributed by atoms with van der Waals surface area (Å²) in [6, 6.07) is 0. The number of unbranched alkanes of at least 4 members (excludes halogenated alkanes) is 2. The molecule has 1 amide bonds. The average Bonchev–Trinajstić information content (AvgIpc) is 2.35. The third-order valence-corrected chi connectivity index (χ3v) is 3.53. The quantitative estimate of drug-likeness (QED) is 0.311. The molecule has 0 bridgehead atoms. The van der Waals surface area contributed by atoms with Gasteiger partial charge in [0, 0.05) is 13.0 Å². The SMILES string of the molecule is CC1CCC(OCCCCCC(=O)NN)CC1. The van der Waals surface area contributed by atoms with E-state index in [-0.39, 0.29) is 5.91 Å². The van der Waals surface area contributed by atoms with Crippen molar-refractivity contribution in [3.8, 4) is 0 Å². The number of carbonyl (C=O) groups is 1. The summed E-state index contributed by atoms with van der Waals surface area (Å²) >= 11 is 0. The monoisotopic (exact) mass is 242 g/mol. The smallest absolute Gasteiger partial charge is 0.233 e. The van der Waals surface area contributed by atoms with Crippen LogP contribution in [-0.2, 0) is 9.53 Å². The molecule has 4 heteroatoms. The lowest BCUT2D eigenvalue weighted by atomic mass is 9.89. The third-order valence-electron chi connectivity index (χ3n) is 3.53. The molecule has 100 valence electrons. The molecular weight excluding hydrogens is 216 g/mol. The van der Waals surface area contributed by atoms with Crippen molar-refractivity contribution >= 4 is 5.91 Å². The van der Waals surface area contributed by atoms with Crippen molar-refractivity contribution in [2.24, 2.45) is 11.8 Å². The molecule has 0 spiro atoms. The first-order valence-electron chi connectivity index (χ1n) is 6.83. The van der Waals surface area contributed by atoms with Crippen LogP contribution in [0.2, 0.25) is 0 Å². The largest absolute Gasteiger partial charge is 0.378 e. The normalized spacial score (nSPS) is 24.6. The molecule has 1 saturated carbocycles. The van der Waals surface area contributed by atoms with Crippen LogP contribution < -0.4 is 11.3 Å². The standard InChI is InChI=1S/C13H26N2O2/c1-11-6-8-12(9-7-11)17-10-4-2-3-5-13(16)15-14/h11-12H,2-10,14H2,1H3,(H,15,16). The Morgan fingerprint density at radius 1 is 1.24 bits per heavy atom. The van der Waals surface area contributed by atoms with Gasteiger partial charge in [-0.25, -0.2) is 5.84 Å². The molecule has 0 unspecified atom stereocenters. The zero-order valence-electron chi connectivity index (χ0n) is 10.9. The molecule has 0 aliphatic heterocycles. The van der Waals surface area contributed by atoms with Gasteiger partial charge in [0.05, 0.1) is 6.10 Å². The molecule has 1 fully saturated rings. The first-order valence-corrected chi connectivity index (χ1v) is 6.83. The van der Waals surface area contributed by atoms with Crippen molar-refractivity contribution in [3.05, 3.63) is 0 Å². The molecule has 0 atom stereocenters. The maximum absolute atomic E-state index is 10.9. The van der Waals surface area contributed by atoms with Crippen LogP contribution in [-0.4, -0.2) is 18.6 Å². The highest BCUT2D eigenvalue weighted by Gasteiger charge is 2.17. The summed E-state index contributed by atoms with van der Waals surface area (Å²) in [7, 11) is 0. The van der Waals surface area contributed by atoms with Crippen LogP contribution in [0, 0.1) is 5.92 Å². The minimum atomic E-state index is -0.0767. The van der Waals surface area contributed by atoms with E-state index in [1.807, 2.05) is 0 Å². The van der Waals surface area contributed by atoms with E-state index in [0.29, 0.717) is 12.5 Å². The summed E-state index contributed by atoms with van der Waals surface area (Å²) in [5.74, 6) is 5.80. The fourth-order valence-electron chi connectivity index (χ4n) is 2.28. The van der Waals surface area contributed by atoms with Crippen molar-refractivity contribution < 1.29 is 9.53 Å². The highest BCUT2D eigenvalue weighted by Crippen LogP contribution is 2.25. The predicted octanol–water partition coefficient (Wildman–Crippen LogP) is 2.13. The highest BCUT2D eigenvalue weighted by molar-refractivity contribution is 5.74. The predicted molar refractivity (Wildman–Crippen MR) is 68.2 cm³/mol. The summed E-state index contributed by atoms with van der Waals surface area (Å²) in [5.41, 5.74) is 2.14. The first-order chi connectivity index (χ1) is 8.22. The summed E-state index contributed by atoms with van der Waals surface area (Å²) < 4.78 is 5.84. The minimum Gasteiger partial charge on any atom is -0.378 e. The summed E-state index contributed by atoms with van der Waals surface area (Å²) in [6.07, 6.45) is 9.04. The van der Waals surface area contributed by atoms with Crippen molar-refractivity contribution in [1.82, 2.24) is 5.43 Å². The maximum Gasteiger partial charge on any atom is 0.233 e. The van der Waals surface area contributed by atoms with Crippen molar-refractivity contribution in [3.63, 3.8) is 0 Å². The lowest BCUT2D eigenvalue weighted by molar-refractivity contribution is -0.121. The fourth-order valence-corrected chi connectivity index (χ4v) is 2.28. The lowest BCUT2D eigenvalue weighted by Gasteiger charge is -2.26. The lowest BCUT2D eigenvalue weighted by Crippen LogP contribution is -2.29. The topological polar surface area (TPSA) is 64.3 Å². The highest BCUT2D eigenvalue weighted by atomic mass is 16.5. The maximum atomic E-state index is 10.9. The van der Waals surface area contributed by atoms with Gasteiger partial charge in [-0.1, -0.05) is 13.3 Å². The third kappa shape index (κ3) is 6.64. The molecule has 0 aromatic heterocycles. The van der Waals surface area contributed by atoms with Crippen LogP contribution in [0.15, 0.2) is 0 Å². The first kappa shape index (κ1) is 14.5. The summed E-state index contributed by atoms with van der Waals surface area (Å²) in [5, 5.41) is 0. The van der Waals surface area contributed by atoms with Gasteiger partial charge in [-0.3, -0.25) is 10.2 Å². The van der Waals surface area contributed by atoms with E-state index in [9.17, 15) is 4.79 Å². The van der Waals surface area contributed by atoms with Crippen molar-refractivity contribution in [2.75, 3.05) is 6.61 Å². The zero-order valence-corrected chi connectivity index (χ0v) is 10.9. The molecule has 17 heavy (non-hydrogen) atoms. The van der Waals surface area contributed by atoms with Crippen molar-refractivity contribution in [1.29, 1.82) is 0 Å². The van der Waals surface area contributed by atoms with Gasteiger partial charge in [-0.2, -0.15) is 0 Å². The number of rotatable bonds is 7. The van der Waals surface area contributed by atoms with Gasteiger partial charge >= 0.3 is 0 Å². The number of hydrogen-bond donors (Lipinski definition) is 2. The van der Waals surface area contributed by atoms with Gasteiger partial charge in [0.1, 0.15) is 0 Å². The van der Waals surface area contributed by atoms with Crippen LogP contribution in [0.25, 0.3) is 0 Å². The fraction of sp³-hybridized carbons (Fsp3) is 0.923. The zero-order chi connectivity index (χ0) is 12.5. The number of ether oxygens (including phenoxy) is 1. The van der Waals surface area contributed by atoms with Crippen LogP contribution in [0.1, 0.15) is 58.3 Å². The number of hydrogen-bond acceptors (Lipinski definition) is 3. The van der Waals surface area contributed by atoms with E-state index < -0.39 is 0 Å². The molecule has 0 aromatic carbocycles. The van der Waals surface area contributed by atoms with Crippen LogP contribution >= 0.6 is 0 Å².